The molecule has 0 aromatic heterocycles. The summed E-state index contributed by atoms with van der Waals surface area (Å²) in [6, 6.07) is 9.74. The molecule has 0 amide bonds. The standard InChI is InChI=1S/C14H20BrNO2S/c15-12-14(9-4-5-10-14)16-19(17,18)11-8-13-6-2-1-3-7-13/h1-3,6-7,16H,4-5,8-12H2. The number of alkyl halides is 1. The molecule has 19 heavy (non-hydrogen) atoms. The molecule has 1 aliphatic carbocycles. The van der Waals surface area contributed by atoms with Crippen LogP contribution in [0.3, 0.4) is 0 Å². The highest BCUT2D eigenvalue weighted by atomic mass is 79.9. The number of aryl methyl sites for hydroxylation is 1. The molecule has 106 valence electrons. The molecule has 0 atom stereocenters. The molecule has 1 aliphatic rings. The molecule has 3 nitrogen and oxygen atoms in total. The van der Waals surface area contributed by atoms with Crippen molar-refractivity contribution in [3.8, 4) is 0 Å². The van der Waals surface area contributed by atoms with Crippen molar-refractivity contribution >= 4 is 26.0 Å². The van der Waals surface area contributed by atoms with Crippen LogP contribution in [0.2, 0.25) is 0 Å². The summed E-state index contributed by atoms with van der Waals surface area (Å²) in [7, 11) is -3.21. The third kappa shape index (κ3) is 4.29. The van der Waals surface area contributed by atoms with E-state index in [0.717, 1.165) is 31.2 Å². The Kier molecular flexibility index (Phi) is 5.03. The topological polar surface area (TPSA) is 46.2 Å². The number of halogens is 1. The lowest BCUT2D eigenvalue weighted by Gasteiger charge is -2.27. The lowest BCUT2D eigenvalue weighted by molar-refractivity contribution is 0.438. The van der Waals surface area contributed by atoms with Crippen LogP contribution in [0.25, 0.3) is 0 Å². The first-order valence-electron chi connectivity index (χ1n) is 6.67. The van der Waals surface area contributed by atoms with Crippen LogP contribution in [0.15, 0.2) is 30.3 Å². The maximum Gasteiger partial charge on any atom is 0.212 e. The first-order valence-corrected chi connectivity index (χ1v) is 9.44. The van der Waals surface area contributed by atoms with E-state index in [-0.39, 0.29) is 11.3 Å². The number of rotatable bonds is 6. The summed E-state index contributed by atoms with van der Waals surface area (Å²) in [6.07, 6.45) is 4.64. The molecule has 1 fully saturated rings. The van der Waals surface area contributed by atoms with E-state index in [9.17, 15) is 8.42 Å². The average Bonchev–Trinajstić information content (AvgIpc) is 2.86. The highest BCUT2D eigenvalue weighted by molar-refractivity contribution is 9.09. The Morgan fingerprint density at radius 2 is 1.79 bits per heavy atom. The van der Waals surface area contributed by atoms with Gasteiger partial charge in [-0.25, -0.2) is 13.1 Å². The molecule has 0 aliphatic heterocycles. The van der Waals surface area contributed by atoms with Gasteiger partial charge in [0.2, 0.25) is 10.0 Å². The van der Waals surface area contributed by atoms with E-state index in [0.29, 0.717) is 11.8 Å². The summed E-state index contributed by atoms with van der Waals surface area (Å²) in [5, 5.41) is 0.699. The number of nitrogens with one attached hydrogen (secondary N) is 1. The van der Waals surface area contributed by atoms with Crippen LogP contribution < -0.4 is 4.72 Å². The van der Waals surface area contributed by atoms with Gasteiger partial charge in [0.05, 0.1) is 5.75 Å². The minimum atomic E-state index is -3.21. The van der Waals surface area contributed by atoms with Gasteiger partial charge in [-0.3, -0.25) is 0 Å². The van der Waals surface area contributed by atoms with Crippen molar-refractivity contribution in [3.05, 3.63) is 35.9 Å². The Morgan fingerprint density at radius 1 is 1.16 bits per heavy atom. The highest BCUT2D eigenvalue weighted by Gasteiger charge is 2.36. The molecule has 1 aromatic rings. The van der Waals surface area contributed by atoms with Gasteiger partial charge in [0.25, 0.3) is 0 Å². The summed E-state index contributed by atoms with van der Waals surface area (Å²) in [5.74, 6) is 0.158. The molecule has 0 bridgehead atoms. The molecule has 0 saturated heterocycles. The van der Waals surface area contributed by atoms with E-state index in [4.69, 9.17) is 0 Å². The molecule has 5 heteroatoms. The zero-order valence-electron chi connectivity index (χ0n) is 10.9. The van der Waals surface area contributed by atoms with Crippen LogP contribution >= 0.6 is 15.9 Å². The van der Waals surface area contributed by atoms with Crippen molar-refractivity contribution in [1.82, 2.24) is 4.72 Å². The summed E-state index contributed by atoms with van der Waals surface area (Å²) >= 11 is 3.46. The molecule has 1 saturated carbocycles. The molecule has 1 N–H and O–H groups in total. The summed E-state index contributed by atoms with van der Waals surface area (Å²) < 4.78 is 27.3. The largest absolute Gasteiger partial charge is 0.212 e. The van der Waals surface area contributed by atoms with Crippen LogP contribution in [0.1, 0.15) is 31.2 Å². The fourth-order valence-electron chi connectivity index (χ4n) is 2.59. The molecule has 2 rings (SSSR count). The maximum absolute atomic E-state index is 12.2. The van der Waals surface area contributed by atoms with Crippen LogP contribution in [-0.4, -0.2) is 25.0 Å². The molecule has 1 aromatic carbocycles. The van der Waals surface area contributed by atoms with E-state index >= 15 is 0 Å². The van der Waals surface area contributed by atoms with Crippen molar-refractivity contribution < 1.29 is 8.42 Å². The SMILES string of the molecule is O=S(=O)(CCc1ccccc1)NC1(CBr)CCCC1. The third-order valence-corrected chi connectivity index (χ3v) is 6.25. The van der Waals surface area contributed by atoms with Crippen molar-refractivity contribution in [1.29, 1.82) is 0 Å². The van der Waals surface area contributed by atoms with Gasteiger partial charge in [0.15, 0.2) is 0 Å². The number of hydrogen-bond acceptors (Lipinski definition) is 2. The summed E-state index contributed by atoms with van der Waals surface area (Å²) in [4.78, 5) is 0. The van der Waals surface area contributed by atoms with Crippen LogP contribution in [0.4, 0.5) is 0 Å². The Bertz CT molecular complexity index is 495. The second-order valence-corrected chi connectivity index (χ2v) is 7.68. The zero-order valence-corrected chi connectivity index (χ0v) is 13.3. The Labute approximate surface area is 124 Å². The van der Waals surface area contributed by atoms with E-state index < -0.39 is 10.0 Å². The van der Waals surface area contributed by atoms with E-state index in [1.807, 2.05) is 30.3 Å². The van der Waals surface area contributed by atoms with E-state index in [2.05, 4.69) is 20.7 Å². The van der Waals surface area contributed by atoms with E-state index in [1.165, 1.54) is 0 Å². The number of hydrogen-bond donors (Lipinski definition) is 1. The lowest BCUT2D eigenvalue weighted by atomic mass is 10.0. The van der Waals surface area contributed by atoms with Crippen molar-refractivity contribution in [2.24, 2.45) is 0 Å². The maximum atomic E-state index is 12.2. The summed E-state index contributed by atoms with van der Waals surface area (Å²) in [6.45, 7) is 0. The molecule has 0 spiro atoms. The number of benzene rings is 1. The fourth-order valence-corrected chi connectivity index (χ4v) is 5.02. The molecule has 0 heterocycles. The van der Waals surface area contributed by atoms with E-state index in [1.54, 1.807) is 0 Å². The molecule has 0 radical (unpaired) electrons. The minimum absolute atomic E-state index is 0.158. The van der Waals surface area contributed by atoms with Crippen molar-refractivity contribution in [2.75, 3.05) is 11.1 Å². The van der Waals surface area contributed by atoms with Gasteiger partial charge in [-0.2, -0.15) is 0 Å². The van der Waals surface area contributed by atoms with Crippen molar-refractivity contribution in [3.63, 3.8) is 0 Å². The van der Waals surface area contributed by atoms with Crippen LogP contribution in [0.5, 0.6) is 0 Å². The first-order chi connectivity index (χ1) is 9.05. The lowest BCUT2D eigenvalue weighted by Crippen LogP contribution is -2.48. The average molecular weight is 346 g/mol. The van der Waals surface area contributed by atoms with Crippen molar-refractivity contribution in [2.45, 2.75) is 37.6 Å². The quantitative estimate of drug-likeness (QED) is 0.805. The van der Waals surface area contributed by atoms with Gasteiger partial charge in [0, 0.05) is 10.9 Å². The molecule has 0 unspecified atom stereocenters. The van der Waals surface area contributed by atoms with Gasteiger partial charge in [-0.15, -0.1) is 0 Å². The molecular weight excluding hydrogens is 326 g/mol. The monoisotopic (exact) mass is 345 g/mol. The van der Waals surface area contributed by atoms with Gasteiger partial charge in [-0.05, 0) is 24.8 Å². The van der Waals surface area contributed by atoms with Crippen LogP contribution in [-0.2, 0) is 16.4 Å². The first kappa shape index (κ1) is 15.0. The Hall–Kier alpha value is -0.390. The smallest absolute Gasteiger partial charge is 0.212 e. The van der Waals surface area contributed by atoms with Crippen LogP contribution in [0, 0.1) is 0 Å². The van der Waals surface area contributed by atoms with Gasteiger partial charge in [0.1, 0.15) is 0 Å². The van der Waals surface area contributed by atoms with Gasteiger partial charge in [-0.1, -0.05) is 59.1 Å². The second kappa shape index (κ2) is 6.37. The second-order valence-electron chi connectivity index (χ2n) is 5.28. The number of sulfonamides is 1. The fraction of sp³-hybridized carbons (Fsp3) is 0.571. The third-order valence-electron chi connectivity index (χ3n) is 3.69. The highest BCUT2D eigenvalue weighted by Crippen LogP contribution is 2.31. The normalized spacial score (nSPS) is 18.6. The molecular formula is C14H20BrNO2S. The Balaban J connectivity index is 1.95. The summed E-state index contributed by atoms with van der Waals surface area (Å²) in [5.41, 5.74) is 0.808. The van der Waals surface area contributed by atoms with Gasteiger partial charge >= 0.3 is 0 Å². The zero-order chi connectivity index (χ0) is 13.8. The predicted molar refractivity (Wildman–Crippen MR) is 82.1 cm³/mol. The van der Waals surface area contributed by atoms with Gasteiger partial charge < -0.3 is 0 Å². The minimum Gasteiger partial charge on any atom is -0.212 e. The Morgan fingerprint density at radius 3 is 2.37 bits per heavy atom. The predicted octanol–water partition coefficient (Wildman–Crippen LogP) is 2.86.